The molecule has 0 spiro atoms. The van der Waals surface area contributed by atoms with E-state index in [9.17, 15) is 4.79 Å². The normalized spacial score (nSPS) is 9.52. The topological polar surface area (TPSA) is 54.0 Å². The molecule has 0 fully saturated rings. The van der Waals surface area contributed by atoms with Gasteiger partial charge in [-0.25, -0.2) is 0 Å². The Labute approximate surface area is 149 Å². The third-order valence-corrected chi connectivity index (χ3v) is 3.23. The molecule has 2 aromatic rings. The highest BCUT2D eigenvalue weighted by Crippen LogP contribution is 2.14. The maximum absolute atomic E-state index is 12.3. The Morgan fingerprint density at radius 2 is 1.87 bits per heavy atom. The number of halogens is 2. The molecule has 0 aliphatic rings. The lowest BCUT2D eigenvalue weighted by Crippen LogP contribution is -2.15. The molecule has 6 heteroatoms. The summed E-state index contributed by atoms with van der Waals surface area (Å²) in [6.07, 6.45) is 0. The van der Waals surface area contributed by atoms with Crippen LogP contribution < -0.4 is 10.6 Å². The molecule has 1 aromatic heterocycles. The number of hydrogen-bond acceptors (Lipinski definition) is 3. The molecule has 1 amide bonds. The number of anilines is 1. The SMILES string of the molecule is CCNCc1cccc(NC(=O)c2ccc(C)nc2C)c1.Cl.Cl. The lowest BCUT2D eigenvalue weighted by molar-refractivity contribution is 0.102. The van der Waals surface area contributed by atoms with E-state index in [2.05, 4.69) is 22.5 Å². The van der Waals surface area contributed by atoms with Crippen molar-refractivity contribution >= 4 is 36.4 Å². The van der Waals surface area contributed by atoms with Crippen LogP contribution in [0, 0.1) is 13.8 Å². The van der Waals surface area contributed by atoms with E-state index < -0.39 is 0 Å². The van der Waals surface area contributed by atoms with Gasteiger partial charge in [-0.05, 0) is 50.2 Å². The minimum atomic E-state index is -0.124. The predicted octanol–water partition coefficient (Wildman–Crippen LogP) is 3.90. The minimum absolute atomic E-state index is 0. The number of aryl methyl sites for hydroxylation is 2. The first-order valence-electron chi connectivity index (χ1n) is 7.15. The molecule has 0 saturated heterocycles. The Kier molecular flexibility index (Phi) is 9.49. The fraction of sp³-hybridized carbons (Fsp3) is 0.294. The maximum atomic E-state index is 12.3. The Bertz CT molecular complexity index is 647. The number of nitrogens with one attached hydrogen (secondary N) is 2. The largest absolute Gasteiger partial charge is 0.322 e. The summed E-state index contributed by atoms with van der Waals surface area (Å²) in [6, 6.07) is 11.5. The molecule has 2 rings (SSSR count). The van der Waals surface area contributed by atoms with E-state index in [1.54, 1.807) is 0 Å². The van der Waals surface area contributed by atoms with Gasteiger partial charge < -0.3 is 10.6 Å². The summed E-state index contributed by atoms with van der Waals surface area (Å²) >= 11 is 0. The van der Waals surface area contributed by atoms with Crippen LogP contribution in [0.2, 0.25) is 0 Å². The van der Waals surface area contributed by atoms with Gasteiger partial charge in [0, 0.05) is 17.9 Å². The van der Waals surface area contributed by atoms with Crippen LogP contribution in [0.15, 0.2) is 36.4 Å². The van der Waals surface area contributed by atoms with Crippen molar-refractivity contribution < 1.29 is 4.79 Å². The van der Waals surface area contributed by atoms with Gasteiger partial charge in [-0.3, -0.25) is 9.78 Å². The van der Waals surface area contributed by atoms with Crippen molar-refractivity contribution in [1.29, 1.82) is 0 Å². The molecule has 0 radical (unpaired) electrons. The molecular formula is C17H23Cl2N3O. The van der Waals surface area contributed by atoms with Crippen molar-refractivity contribution in [2.45, 2.75) is 27.3 Å². The van der Waals surface area contributed by atoms with E-state index in [4.69, 9.17) is 0 Å². The van der Waals surface area contributed by atoms with E-state index in [-0.39, 0.29) is 30.7 Å². The summed E-state index contributed by atoms with van der Waals surface area (Å²) in [5, 5.41) is 6.20. The van der Waals surface area contributed by atoms with Crippen LogP contribution in [0.5, 0.6) is 0 Å². The van der Waals surface area contributed by atoms with Gasteiger partial charge in [-0.2, -0.15) is 0 Å². The first-order chi connectivity index (χ1) is 10.1. The third-order valence-electron chi connectivity index (χ3n) is 3.23. The van der Waals surface area contributed by atoms with Gasteiger partial charge in [-0.1, -0.05) is 19.1 Å². The third kappa shape index (κ3) is 6.18. The molecule has 4 nitrogen and oxygen atoms in total. The summed E-state index contributed by atoms with van der Waals surface area (Å²) in [5.74, 6) is -0.124. The van der Waals surface area contributed by atoms with Gasteiger partial charge in [0.2, 0.25) is 0 Å². The lowest BCUT2D eigenvalue weighted by atomic mass is 10.1. The van der Waals surface area contributed by atoms with Crippen LogP contribution in [0.3, 0.4) is 0 Å². The number of amides is 1. The fourth-order valence-corrected chi connectivity index (χ4v) is 2.15. The molecule has 1 aromatic carbocycles. The Morgan fingerprint density at radius 3 is 2.52 bits per heavy atom. The van der Waals surface area contributed by atoms with Crippen LogP contribution in [0.25, 0.3) is 0 Å². The first-order valence-corrected chi connectivity index (χ1v) is 7.15. The second-order valence-corrected chi connectivity index (χ2v) is 5.02. The van der Waals surface area contributed by atoms with Crippen molar-refractivity contribution in [3.8, 4) is 0 Å². The van der Waals surface area contributed by atoms with Crippen molar-refractivity contribution in [1.82, 2.24) is 10.3 Å². The van der Waals surface area contributed by atoms with E-state index >= 15 is 0 Å². The van der Waals surface area contributed by atoms with Crippen LogP contribution in [-0.4, -0.2) is 17.4 Å². The number of carbonyl (C=O) groups excluding carboxylic acids is 1. The maximum Gasteiger partial charge on any atom is 0.257 e. The number of pyridine rings is 1. The smallest absolute Gasteiger partial charge is 0.257 e. The molecule has 0 aliphatic carbocycles. The highest BCUT2D eigenvalue weighted by molar-refractivity contribution is 6.05. The summed E-state index contributed by atoms with van der Waals surface area (Å²) in [7, 11) is 0. The van der Waals surface area contributed by atoms with Crippen LogP contribution >= 0.6 is 24.8 Å². The van der Waals surface area contributed by atoms with Crippen LogP contribution in [-0.2, 0) is 6.54 Å². The molecule has 0 saturated carbocycles. The van der Waals surface area contributed by atoms with E-state index in [0.717, 1.165) is 35.7 Å². The first kappa shape index (κ1) is 21.4. The van der Waals surface area contributed by atoms with Crippen molar-refractivity contribution in [3.05, 3.63) is 58.9 Å². The number of hydrogen-bond donors (Lipinski definition) is 2. The van der Waals surface area contributed by atoms with Gasteiger partial charge in [0.25, 0.3) is 5.91 Å². The van der Waals surface area contributed by atoms with Crippen molar-refractivity contribution in [2.75, 3.05) is 11.9 Å². The van der Waals surface area contributed by atoms with E-state index in [1.807, 2.05) is 50.2 Å². The molecule has 0 atom stereocenters. The van der Waals surface area contributed by atoms with Crippen LogP contribution in [0.4, 0.5) is 5.69 Å². The second-order valence-electron chi connectivity index (χ2n) is 5.02. The zero-order chi connectivity index (χ0) is 15.2. The average molecular weight is 356 g/mol. The van der Waals surface area contributed by atoms with Gasteiger partial charge >= 0.3 is 0 Å². The van der Waals surface area contributed by atoms with Crippen molar-refractivity contribution in [3.63, 3.8) is 0 Å². The number of nitrogens with zero attached hydrogens (tertiary/aromatic N) is 1. The van der Waals surface area contributed by atoms with E-state index in [0.29, 0.717) is 5.56 Å². The standard InChI is InChI=1S/C17H21N3O.2ClH/c1-4-18-11-14-6-5-7-15(10-14)20-17(21)16-9-8-12(2)19-13(16)3;;/h5-10,18H,4,11H2,1-3H3,(H,20,21);2*1H. The molecule has 1 heterocycles. The summed E-state index contributed by atoms with van der Waals surface area (Å²) in [4.78, 5) is 16.6. The van der Waals surface area contributed by atoms with Gasteiger partial charge in [0.15, 0.2) is 0 Å². The van der Waals surface area contributed by atoms with Gasteiger partial charge in [0.1, 0.15) is 0 Å². The fourth-order valence-electron chi connectivity index (χ4n) is 2.15. The predicted molar refractivity (Wildman–Crippen MR) is 100.0 cm³/mol. The average Bonchev–Trinajstić information content (AvgIpc) is 2.45. The molecule has 0 aliphatic heterocycles. The molecule has 2 N–H and O–H groups in total. The lowest BCUT2D eigenvalue weighted by Gasteiger charge is -2.09. The number of carbonyl (C=O) groups is 1. The summed E-state index contributed by atoms with van der Waals surface area (Å²) in [6.45, 7) is 7.55. The zero-order valence-electron chi connectivity index (χ0n) is 13.6. The molecule has 0 unspecified atom stereocenters. The number of rotatable bonds is 5. The van der Waals surface area contributed by atoms with Gasteiger partial charge in [0.05, 0.1) is 11.3 Å². The monoisotopic (exact) mass is 355 g/mol. The Hall–Kier alpha value is -1.62. The highest BCUT2D eigenvalue weighted by atomic mass is 35.5. The van der Waals surface area contributed by atoms with Crippen molar-refractivity contribution in [2.24, 2.45) is 0 Å². The van der Waals surface area contributed by atoms with E-state index in [1.165, 1.54) is 0 Å². The molecule has 126 valence electrons. The Balaban J connectivity index is 0.00000242. The molecule has 0 bridgehead atoms. The highest BCUT2D eigenvalue weighted by Gasteiger charge is 2.10. The summed E-state index contributed by atoms with van der Waals surface area (Å²) in [5.41, 5.74) is 4.22. The van der Waals surface area contributed by atoms with Crippen LogP contribution in [0.1, 0.15) is 34.2 Å². The second kappa shape index (κ2) is 10.2. The quantitative estimate of drug-likeness (QED) is 0.854. The van der Waals surface area contributed by atoms with Gasteiger partial charge in [-0.15, -0.1) is 24.8 Å². The summed E-state index contributed by atoms with van der Waals surface area (Å²) < 4.78 is 0. The minimum Gasteiger partial charge on any atom is -0.322 e. The number of benzene rings is 1. The molecular weight excluding hydrogens is 333 g/mol. The zero-order valence-corrected chi connectivity index (χ0v) is 15.2. The Morgan fingerprint density at radius 1 is 1.13 bits per heavy atom. The number of aromatic nitrogens is 1. The molecule has 23 heavy (non-hydrogen) atoms.